The van der Waals surface area contributed by atoms with Crippen LogP contribution in [0.3, 0.4) is 0 Å². The van der Waals surface area contributed by atoms with Crippen LogP contribution in [0.4, 0.5) is 4.39 Å². The Morgan fingerprint density at radius 1 is 0.971 bits per heavy atom. The maximum absolute atomic E-state index is 15.3. The van der Waals surface area contributed by atoms with Gasteiger partial charge in [-0.25, -0.2) is 4.39 Å². The summed E-state index contributed by atoms with van der Waals surface area (Å²) in [6.07, 6.45) is 1.51. The van der Waals surface area contributed by atoms with Crippen molar-refractivity contribution in [2.45, 2.75) is 0 Å². The molecule has 0 radical (unpaired) electrons. The van der Waals surface area contributed by atoms with Crippen LogP contribution in [-0.2, 0) is 4.74 Å². The van der Waals surface area contributed by atoms with Crippen molar-refractivity contribution in [2.24, 2.45) is 5.73 Å². The highest BCUT2D eigenvalue weighted by molar-refractivity contribution is 6.07. The molecule has 0 aliphatic carbocycles. The predicted molar refractivity (Wildman–Crippen MR) is 125 cm³/mol. The lowest BCUT2D eigenvalue weighted by molar-refractivity contribution is 0.0933. The van der Waals surface area contributed by atoms with E-state index in [2.05, 4.69) is 10.3 Å². The molecule has 0 spiro atoms. The molecule has 3 N–H and O–H groups in total. The second-order valence-electron chi connectivity index (χ2n) is 7.37. The standard InChI is InChI=1S/C25H22FN3O5/c1-32-11-10-29-25(31)18-12-17-19(13-22(18)33-2)28-9-8-20(17)34-21-7-6-14-15(23(21)26)4-3-5-16(14)24(27)30/h3-9,12-13H,10-11H2,1-2H3,(H2,27,30)(H,29,31). The van der Waals surface area contributed by atoms with Crippen LogP contribution >= 0.6 is 0 Å². The average Bonchev–Trinajstić information content (AvgIpc) is 2.84. The first-order valence-electron chi connectivity index (χ1n) is 10.4. The number of nitrogens with two attached hydrogens (primary N) is 1. The Kier molecular flexibility index (Phi) is 6.55. The molecule has 4 rings (SSSR count). The first-order valence-corrected chi connectivity index (χ1v) is 10.4. The molecule has 0 unspecified atom stereocenters. The van der Waals surface area contributed by atoms with E-state index in [1.807, 2.05) is 0 Å². The maximum Gasteiger partial charge on any atom is 0.255 e. The lowest BCUT2D eigenvalue weighted by Crippen LogP contribution is -2.27. The number of primary amides is 1. The molecule has 0 aliphatic rings. The monoisotopic (exact) mass is 463 g/mol. The van der Waals surface area contributed by atoms with E-state index in [-0.39, 0.29) is 28.2 Å². The van der Waals surface area contributed by atoms with Crippen molar-refractivity contribution < 1.29 is 28.2 Å². The number of hydrogen-bond acceptors (Lipinski definition) is 6. The lowest BCUT2D eigenvalue weighted by atomic mass is 10.0. The molecular weight excluding hydrogens is 441 g/mol. The molecule has 8 nitrogen and oxygen atoms in total. The Morgan fingerprint density at radius 3 is 2.53 bits per heavy atom. The third-order valence-electron chi connectivity index (χ3n) is 5.30. The summed E-state index contributed by atoms with van der Waals surface area (Å²) in [5.74, 6) is -1.07. The van der Waals surface area contributed by atoms with E-state index in [1.54, 1.807) is 43.5 Å². The first-order chi connectivity index (χ1) is 16.4. The molecule has 0 bridgehead atoms. The number of fused-ring (bicyclic) bond motifs is 2. The number of amides is 2. The molecule has 0 saturated heterocycles. The van der Waals surface area contributed by atoms with Crippen molar-refractivity contribution in [3.8, 4) is 17.2 Å². The normalized spacial score (nSPS) is 10.9. The molecule has 4 aromatic rings. The fraction of sp³-hybridized carbons (Fsp3) is 0.160. The topological polar surface area (TPSA) is 113 Å². The van der Waals surface area contributed by atoms with Crippen LogP contribution in [0.1, 0.15) is 20.7 Å². The van der Waals surface area contributed by atoms with Gasteiger partial charge in [-0.2, -0.15) is 0 Å². The van der Waals surface area contributed by atoms with Crippen LogP contribution in [0.15, 0.2) is 54.7 Å². The fourth-order valence-electron chi connectivity index (χ4n) is 3.66. The van der Waals surface area contributed by atoms with Gasteiger partial charge in [-0.15, -0.1) is 0 Å². The van der Waals surface area contributed by atoms with E-state index < -0.39 is 11.7 Å². The maximum atomic E-state index is 15.3. The van der Waals surface area contributed by atoms with E-state index in [0.29, 0.717) is 40.9 Å². The molecule has 174 valence electrons. The third-order valence-corrected chi connectivity index (χ3v) is 5.30. The minimum absolute atomic E-state index is 0.0523. The number of methoxy groups -OCH3 is 2. The van der Waals surface area contributed by atoms with Gasteiger partial charge in [0.1, 0.15) is 11.5 Å². The number of ether oxygens (including phenoxy) is 3. The number of nitrogens with zero attached hydrogens (tertiary/aromatic N) is 1. The zero-order valence-electron chi connectivity index (χ0n) is 18.6. The van der Waals surface area contributed by atoms with Crippen molar-refractivity contribution in [1.29, 1.82) is 0 Å². The number of halogens is 1. The van der Waals surface area contributed by atoms with Gasteiger partial charge in [0.2, 0.25) is 5.91 Å². The summed E-state index contributed by atoms with van der Waals surface area (Å²) < 4.78 is 31.6. The molecule has 0 saturated carbocycles. The van der Waals surface area contributed by atoms with Crippen molar-refractivity contribution >= 4 is 33.5 Å². The summed E-state index contributed by atoms with van der Waals surface area (Å²) in [5.41, 5.74) is 6.39. The van der Waals surface area contributed by atoms with Crippen LogP contribution in [-0.4, -0.2) is 44.2 Å². The van der Waals surface area contributed by atoms with E-state index in [0.717, 1.165) is 0 Å². The predicted octanol–water partition coefficient (Wildman–Crippen LogP) is 3.80. The van der Waals surface area contributed by atoms with Gasteiger partial charge >= 0.3 is 0 Å². The lowest BCUT2D eigenvalue weighted by Gasteiger charge is -2.14. The number of carbonyl (C=O) groups excluding carboxylic acids is 2. The highest BCUT2D eigenvalue weighted by Crippen LogP contribution is 2.36. The molecule has 34 heavy (non-hydrogen) atoms. The summed E-state index contributed by atoms with van der Waals surface area (Å²) in [5, 5.41) is 3.83. The Hall–Kier alpha value is -4.24. The van der Waals surface area contributed by atoms with E-state index >= 15 is 4.39 Å². The number of carbonyl (C=O) groups is 2. The molecule has 1 aromatic heterocycles. The van der Waals surface area contributed by atoms with Gasteiger partial charge in [-0.1, -0.05) is 12.1 Å². The van der Waals surface area contributed by atoms with Gasteiger partial charge in [0, 0.05) is 42.3 Å². The number of rotatable bonds is 8. The van der Waals surface area contributed by atoms with E-state index in [4.69, 9.17) is 19.9 Å². The zero-order valence-corrected chi connectivity index (χ0v) is 18.6. The third kappa shape index (κ3) is 4.33. The Bertz CT molecular complexity index is 1410. The smallest absolute Gasteiger partial charge is 0.255 e. The Morgan fingerprint density at radius 2 is 1.79 bits per heavy atom. The summed E-state index contributed by atoms with van der Waals surface area (Å²) in [6, 6.07) is 12.4. The van der Waals surface area contributed by atoms with Gasteiger partial charge < -0.3 is 25.3 Å². The molecular formula is C25H22FN3O5. The van der Waals surface area contributed by atoms with E-state index in [1.165, 1.54) is 25.4 Å². The Labute approximate surface area is 194 Å². The largest absolute Gasteiger partial charge is 0.496 e. The number of pyridine rings is 1. The quantitative estimate of drug-likeness (QED) is 0.384. The van der Waals surface area contributed by atoms with Crippen LogP contribution < -0.4 is 20.5 Å². The number of hydrogen-bond donors (Lipinski definition) is 2. The Balaban J connectivity index is 1.77. The van der Waals surface area contributed by atoms with Gasteiger partial charge in [0.25, 0.3) is 5.91 Å². The highest BCUT2D eigenvalue weighted by Gasteiger charge is 2.18. The molecule has 0 fully saturated rings. The van der Waals surface area contributed by atoms with Crippen molar-refractivity contribution in [1.82, 2.24) is 10.3 Å². The summed E-state index contributed by atoms with van der Waals surface area (Å²) in [4.78, 5) is 28.7. The molecule has 0 atom stereocenters. The molecule has 3 aromatic carbocycles. The minimum atomic E-state index is -0.649. The van der Waals surface area contributed by atoms with E-state index in [9.17, 15) is 9.59 Å². The van der Waals surface area contributed by atoms with Crippen LogP contribution in [0.2, 0.25) is 0 Å². The van der Waals surface area contributed by atoms with Crippen LogP contribution in [0, 0.1) is 5.82 Å². The summed E-state index contributed by atoms with van der Waals surface area (Å²) in [7, 11) is 3.00. The molecule has 0 aliphatic heterocycles. The van der Waals surface area contributed by atoms with Gasteiger partial charge in [0.15, 0.2) is 11.6 Å². The number of aromatic nitrogens is 1. The first kappa shape index (κ1) is 22.9. The fourth-order valence-corrected chi connectivity index (χ4v) is 3.66. The summed E-state index contributed by atoms with van der Waals surface area (Å²) in [6.45, 7) is 0.679. The van der Waals surface area contributed by atoms with Crippen LogP contribution in [0.5, 0.6) is 17.2 Å². The van der Waals surface area contributed by atoms with Crippen molar-refractivity contribution in [3.63, 3.8) is 0 Å². The molecule has 2 amide bonds. The average molecular weight is 463 g/mol. The van der Waals surface area contributed by atoms with Crippen molar-refractivity contribution in [2.75, 3.05) is 27.4 Å². The second-order valence-corrected chi connectivity index (χ2v) is 7.37. The van der Waals surface area contributed by atoms with Crippen molar-refractivity contribution in [3.05, 3.63) is 71.7 Å². The number of nitrogens with one attached hydrogen (secondary N) is 1. The SMILES string of the molecule is COCCNC(=O)c1cc2c(Oc3ccc4c(C(N)=O)cccc4c3F)ccnc2cc1OC. The van der Waals surface area contributed by atoms with Gasteiger partial charge in [-0.05, 0) is 35.7 Å². The molecule has 1 heterocycles. The highest BCUT2D eigenvalue weighted by atomic mass is 19.1. The van der Waals surface area contributed by atoms with Gasteiger partial charge in [-0.3, -0.25) is 14.6 Å². The van der Waals surface area contributed by atoms with Crippen LogP contribution in [0.25, 0.3) is 21.7 Å². The second kappa shape index (κ2) is 9.72. The van der Waals surface area contributed by atoms with Gasteiger partial charge in [0.05, 0.1) is 24.8 Å². The number of benzene rings is 3. The molecule has 9 heteroatoms. The zero-order chi connectivity index (χ0) is 24.2. The summed E-state index contributed by atoms with van der Waals surface area (Å²) >= 11 is 0. The minimum Gasteiger partial charge on any atom is -0.496 e.